The van der Waals surface area contributed by atoms with Crippen molar-refractivity contribution in [3.8, 4) is 11.4 Å². The summed E-state index contributed by atoms with van der Waals surface area (Å²) in [4.78, 5) is 48.9. The van der Waals surface area contributed by atoms with Gasteiger partial charge in [-0.25, -0.2) is 10.2 Å². The Balaban J connectivity index is 1.97. The van der Waals surface area contributed by atoms with E-state index in [9.17, 15) is 19.2 Å². The molecule has 3 rings (SSSR count). The Hall–Kier alpha value is -3.18. The summed E-state index contributed by atoms with van der Waals surface area (Å²) in [5.41, 5.74) is 4.94. The fourth-order valence-electron chi connectivity index (χ4n) is 2.75. The van der Waals surface area contributed by atoms with Crippen molar-refractivity contribution in [2.24, 2.45) is 22.7 Å². The van der Waals surface area contributed by atoms with Gasteiger partial charge in [0.25, 0.3) is 11.5 Å². The highest BCUT2D eigenvalue weighted by molar-refractivity contribution is 6.37. The van der Waals surface area contributed by atoms with Crippen molar-refractivity contribution in [1.29, 1.82) is 0 Å². The van der Waals surface area contributed by atoms with Gasteiger partial charge in [-0.3, -0.25) is 19.4 Å². The summed E-state index contributed by atoms with van der Waals surface area (Å²) in [6.07, 6.45) is 0.251. The van der Waals surface area contributed by atoms with E-state index in [0.29, 0.717) is 0 Å². The maximum absolute atomic E-state index is 12.1. The van der Waals surface area contributed by atoms with Crippen molar-refractivity contribution in [2.45, 2.75) is 20.3 Å². The Kier molecular flexibility index (Phi) is 5.94. The number of amides is 2. The summed E-state index contributed by atoms with van der Waals surface area (Å²) < 4.78 is 6.40. The van der Waals surface area contributed by atoms with Crippen LogP contribution in [0.2, 0.25) is 10.0 Å². The third-order valence-electron chi connectivity index (χ3n) is 4.34. The van der Waals surface area contributed by atoms with E-state index in [2.05, 4.69) is 15.6 Å². The van der Waals surface area contributed by atoms with Crippen LogP contribution in [0.4, 0.5) is 0 Å². The molecule has 0 bridgehead atoms. The molecule has 1 aliphatic heterocycles. The van der Waals surface area contributed by atoms with Gasteiger partial charge in [-0.05, 0) is 18.1 Å². The number of rotatable bonds is 4. The molecule has 158 valence electrons. The van der Waals surface area contributed by atoms with Crippen LogP contribution in [0.15, 0.2) is 26.8 Å². The van der Waals surface area contributed by atoms with E-state index < -0.39 is 22.9 Å². The number of aromatic amines is 1. The average Bonchev–Trinajstić information content (AvgIpc) is 2.65. The molecule has 0 saturated carbocycles. The monoisotopic (exact) mass is 454 g/mol. The molecule has 11 nitrogen and oxygen atoms in total. The molecule has 2 aromatic rings. The number of nitrogens with two attached hydrogens (primary N) is 1. The summed E-state index contributed by atoms with van der Waals surface area (Å²) in [6.45, 7) is 3.80. The Bertz CT molecular complexity index is 1160. The molecule has 4 N–H and O–H groups in total. The summed E-state index contributed by atoms with van der Waals surface area (Å²) >= 11 is 12.5. The van der Waals surface area contributed by atoms with Gasteiger partial charge in [0.15, 0.2) is 5.75 Å². The topological polar surface area (TPSA) is 162 Å². The number of halogens is 2. The molecule has 2 amide bonds. The minimum absolute atomic E-state index is 0.00118. The van der Waals surface area contributed by atoms with E-state index in [1.165, 1.54) is 12.1 Å². The third kappa shape index (κ3) is 4.21. The second kappa shape index (κ2) is 8.28. The minimum Gasteiger partial charge on any atom is -0.438 e. The van der Waals surface area contributed by atoms with Crippen LogP contribution in [-0.4, -0.2) is 32.5 Å². The largest absolute Gasteiger partial charge is 0.438 e. The van der Waals surface area contributed by atoms with Crippen LogP contribution in [0.3, 0.4) is 0 Å². The number of aromatic nitrogens is 3. The first kappa shape index (κ1) is 21.5. The SMILES string of the molecule is CC(C)C1CC(Oc2c(Cl)cc(-n3nc(C(N)=O)c(=O)[nH]c3=O)cc2Cl)=NNC1=O. The molecule has 0 fully saturated rings. The highest BCUT2D eigenvalue weighted by atomic mass is 35.5. The van der Waals surface area contributed by atoms with Crippen LogP contribution in [-0.2, 0) is 4.79 Å². The van der Waals surface area contributed by atoms with Crippen LogP contribution in [0, 0.1) is 11.8 Å². The second-order valence-electron chi connectivity index (χ2n) is 6.76. The van der Waals surface area contributed by atoms with Gasteiger partial charge in [-0.15, -0.1) is 5.10 Å². The number of nitrogens with one attached hydrogen (secondary N) is 2. The highest BCUT2D eigenvalue weighted by Crippen LogP contribution is 2.36. The maximum Gasteiger partial charge on any atom is 0.349 e. The number of nitrogens with zero attached hydrogens (tertiary/aromatic N) is 3. The normalized spacial score (nSPS) is 16.2. The maximum atomic E-state index is 12.1. The van der Waals surface area contributed by atoms with Crippen molar-refractivity contribution >= 4 is 40.9 Å². The van der Waals surface area contributed by atoms with Gasteiger partial charge in [0.1, 0.15) is 0 Å². The minimum atomic E-state index is -1.11. The number of H-pyrrole nitrogens is 1. The number of carbonyl (C=O) groups is 2. The third-order valence-corrected chi connectivity index (χ3v) is 4.90. The van der Waals surface area contributed by atoms with E-state index in [0.717, 1.165) is 4.68 Å². The molecule has 0 aliphatic carbocycles. The van der Waals surface area contributed by atoms with Crippen LogP contribution in [0.1, 0.15) is 30.8 Å². The van der Waals surface area contributed by atoms with Gasteiger partial charge in [-0.2, -0.15) is 9.78 Å². The zero-order valence-electron chi connectivity index (χ0n) is 15.7. The molecule has 0 saturated heterocycles. The lowest BCUT2D eigenvalue weighted by atomic mass is 9.91. The molecule has 1 atom stereocenters. The molecule has 1 aliphatic rings. The molecule has 2 heterocycles. The molecule has 13 heteroatoms. The molecule has 1 aromatic heterocycles. The van der Waals surface area contributed by atoms with Crippen molar-refractivity contribution in [1.82, 2.24) is 20.2 Å². The quantitative estimate of drug-likeness (QED) is 0.618. The lowest BCUT2D eigenvalue weighted by Gasteiger charge is -2.24. The highest BCUT2D eigenvalue weighted by Gasteiger charge is 2.29. The Morgan fingerprint density at radius 1 is 1.27 bits per heavy atom. The smallest absolute Gasteiger partial charge is 0.349 e. The van der Waals surface area contributed by atoms with E-state index in [1.807, 2.05) is 18.8 Å². The van der Waals surface area contributed by atoms with Gasteiger partial charge in [0.05, 0.1) is 21.7 Å². The lowest BCUT2D eigenvalue weighted by molar-refractivity contribution is -0.126. The van der Waals surface area contributed by atoms with Gasteiger partial charge >= 0.3 is 5.69 Å². The summed E-state index contributed by atoms with van der Waals surface area (Å²) in [7, 11) is 0. The zero-order chi connectivity index (χ0) is 22.2. The first-order valence-corrected chi connectivity index (χ1v) is 9.41. The van der Waals surface area contributed by atoms with Gasteiger partial charge in [0, 0.05) is 6.42 Å². The number of primary amides is 1. The first-order chi connectivity index (χ1) is 14.1. The van der Waals surface area contributed by atoms with Crippen molar-refractivity contribution in [3.63, 3.8) is 0 Å². The number of ether oxygens (including phenoxy) is 1. The molecular weight excluding hydrogens is 439 g/mol. The molecule has 30 heavy (non-hydrogen) atoms. The van der Waals surface area contributed by atoms with Crippen LogP contribution in [0.5, 0.6) is 5.75 Å². The fourth-order valence-corrected chi connectivity index (χ4v) is 3.30. The predicted octanol–water partition coefficient (Wildman–Crippen LogP) is 0.811. The van der Waals surface area contributed by atoms with Crippen LogP contribution in [0.25, 0.3) is 5.69 Å². The average molecular weight is 455 g/mol. The van der Waals surface area contributed by atoms with Gasteiger partial charge in [-0.1, -0.05) is 37.0 Å². The van der Waals surface area contributed by atoms with Crippen molar-refractivity contribution in [2.75, 3.05) is 0 Å². The molecular formula is C17H16Cl2N6O5. The fraction of sp³-hybridized carbons (Fsp3) is 0.294. The lowest BCUT2D eigenvalue weighted by Crippen LogP contribution is -2.38. The van der Waals surface area contributed by atoms with Gasteiger partial charge < -0.3 is 10.5 Å². The summed E-state index contributed by atoms with van der Waals surface area (Å²) in [5, 5.41) is 7.54. The molecule has 0 radical (unpaired) electrons. The van der Waals surface area contributed by atoms with E-state index >= 15 is 0 Å². The second-order valence-corrected chi connectivity index (χ2v) is 7.58. The van der Waals surface area contributed by atoms with Crippen molar-refractivity contribution in [3.05, 3.63) is 48.7 Å². The molecule has 1 aromatic carbocycles. The van der Waals surface area contributed by atoms with E-state index in [4.69, 9.17) is 33.7 Å². The Morgan fingerprint density at radius 2 is 1.90 bits per heavy atom. The summed E-state index contributed by atoms with van der Waals surface area (Å²) in [5.74, 6) is -1.33. The predicted molar refractivity (Wildman–Crippen MR) is 108 cm³/mol. The first-order valence-electron chi connectivity index (χ1n) is 8.65. The van der Waals surface area contributed by atoms with Crippen LogP contribution >= 0.6 is 23.2 Å². The number of benzene rings is 1. The Labute approximate surface area is 178 Å². The number of hydrazone groups is 1. The van der Waals surface area contributed by atoms with E-state index in [-0.39, 0.29) is 51.5 Å². The van der Waals surface area contributed by atoms with Crippen molar-refractivity contribution < 1.29 is 14.3 Å². The van der Waals surface area contributed by atoms with Crippen LogP contribution < -0.4 is 27.1 Å². The van der Waals surface area contributed by atoms with E-state index in [1.54, 1.807) is 0 Å². The molecule has 0 spiro atoms. The summed E-state index contributed by atoms with van der Waals surface area (Å²) in [6, 6.07) is 2.59. The number of carbonyl (C=O) groups excluding carboxylic acids is 2. The number of hydrogen-bond donors (Lipinski definition) is 3. The standard InChI is InChI=1S/C17H16Cl2N6O5/c1-6(2)8-5-11(22-23-15(8)27)30-13-9(18)3-7(4-10(13)19)25-17(29)21-16(28)12(24-25)14(20)26/h3-4,6,8H,5H2,1-2H3,(H2,20,26)(H,23,27)(H,21,28,29). The zero-order valence-corrected chi connectivity index (χ0v) is 17.2. The van der Waals surface area contributed by atoms with Gasteiger partial charge in [0.2, 0.25) is 17.5 Å². The molecule has 1 unspecified atom stereocenters. The Morgan fingerprint density at radius 3 is 2.47 bits per heavy atom. The number of hydrogen-bond acceptors (Lipinski definition) is 7.